The zero-order chi connectivity index (χ0) is 6.97. The van der Waals surface area contributed by atoms with E-state index in [1.165, 1.54) is 0 Å². The second-order valence-electron chi connectivity index (χ2n) is 2.02. The molecule has 1 heterocycles. The molecule has 0 fully saturated rings. The van der Waals surface area contributed by atoms with Crippen LogP contribution in [0.2, 0.25) is 0 Å². The van der Waals surface area contributed by atoms with Crippen LogP contribution in [0.5, 0.6) is 0 Å². The molecular formula is C7H9N2OP. The minimum atomic E-state index is 0. The topological polar surface area (TPSA) is 61.0 Å². The van der Waals surface area contributed by atoms with E-state index in [9.17, 15) is 0 Å². The Morgan fingerprint density at radius 1 is 1.27 bits per heavy atom. The summed E-state index contributed by atoms with van der Waals surface area (Å²) in [7, 11) is 2.42. The lowest BCUT2D eigenvalue weighted by Gasteiger charge is -1.79. The van der Waals surface area contributed by atoms with Crippen molar-refractivity contribution < 1.29 is 4.42 Å². The molecule has 58 valence electrons. The van der Waals surface area contributed by atoms with Gasteiger partial charge in [0.15, 0.2) is 5.58 Å². The molecule has 1 aromatic heterocycles. The van der Waals surface area contributed by atoms with Crippen LogP contribution in [0.15, 0.2) is 28.7 Å². The number of benzene rings is 1. The molecule has 0 saturated heterocycles. The Bertz CT molecular complexity index is 325. The zero-order valence-electron chi connectivity index (χ0n) is 5.95. The predicted molar refractivity (Wildman–Crippen MR) is 48.4 cm³/mol. The second-order valence-corrected chi connectivity index (χ2v) is 2.51. The van der Waals surface area contributed by atoms with Crippen molar-refractivity contribution in [1.82, 2.24) is 11.1 Å². The van der Waals surface area contributed by atoms with Gasteiger partial charge in [0.25, 0.3) is 0 Å². The highest BCUT2D eigenvalue weighted by molar-refractivity contribution is 7.26. The number of nitrogens with zero attached hydrogens (tertiary/aromatic N) is 1. The summed E-state index contributed by atoms with van der Waals surface area (Å²) < 4.78 is 5.22. The molecule has 3 N–H and O–H groups in total. The van der Waals surface area contributed by atoms with Crippen molar-refractivity contribution in [3.63, 3.8) is 0 Å². The summed E-state index contributed by atoms with van der Waals surface area (Å²) in [6.07, 6.45) is 0. The molecule has 0 bridgehead atoms. The molecule has 11 heavy (non-hydrogen) atoms. The van der Waals surface area contributed by atoms with Crippen LogP contribution in [0.3, 0.4) is 0 Å². The molecule has 1 aromatic carbocycles. The van der Waals surface area contributed by atoms with Crippen LogP contribution in [-0.2, 0) is 0 Å². The van der Waals surface area contributed by atoms with Crippen LogP contribution < -0.4 is 11.8 Å². The first kappa shape index (κ1) is 8.18. The molecule has 0 aliphatic rings. The van der Waals surface area contributed by atoms with Gasteiger partial charge in [-0.1, -0.05) is 12.1 Å². The lowest BCUT2D eigenvalue weighted by molar-refractivity contribution is 0.646. The fraction of sp³-hybridized carbons (Fsp3) is 0. The minimum Gasteiger partial charge on any atom is -0.437 e. The molecule has 4 heteroatoms. The number of aromatic nitrogens is 1. The fourth-order valence-electron chi connectivity index (χ4n) is 0.890. The summed E-state index contributed by atoms with van der Waals surface area (Å²) in [6.45, 7) is 0. The molecule has 0 saturated carbocycles. The average molecular weight is 168 g/mol. The van der Waals surface area contributed by atoms with E-state index in [0.29, 0.717) is 5.63 Å². The van der Waals surface area contributed by atoms with Gasteiger partial charge in [0.2, 0.25) is 5.63 Å². The van der Waals surface area contributed by atoms with Gasteiger partial charge in [-0.2, -0.15) is 0 Å². The number of hydrogen-bond acceptors (Lipinski definition) is 3. The van der Waals surface area contributed by atoms with Crippen LogP contribution in [0.4, 0.5) is 0 Å². The first-order chi connectivity index (χ1) is 4.86. The standard InChI is InChI=1S/C7H6NOP.H3N/c10-7-8-5-3-1-2-4-6(5)9-7;/h1-4H,10H2;1H3. The third-order valence-electron chi connectivity index (χ3n) is 1.31. The normalized spacial score (nSPS) is 9.55. The largest absolute Gasteiger partial charge is 0.437 e. The maximum Gasteiger partial charge on any atom is 0.211 e. The Kier molecular flexibility index (Phi) is 2.22. The van der Waals surface area contributed by atoms with Crippen molar-refractivity contribution in [2.75, 3.05) is 0 Å². The Balaban J connectivity index is 0.000000605. The third-order valence-corrected chi connectivity index (χ3v) is 1.56. The van der Waals surface area contributed by atoms with E-state index in [2.05, 4.69) is 14.2 Å². The Morgan fingerprint density at radius 3 is 2.73 bits per heavy atom. The molecule has 1 atom stereocenters. The highest BCUT2D eigenvalue weighted by Gasteiger charge is 1.97. The summed E-state index contributed by atoms with van der Waals surface area (Å²) in [6, 6.07) is 7.69. The smallest absolute Gasteiger partial charge is 0.211 e. The minimum absolute atomic E-state index is 0. The van der Waals surface area contributed by atoms with E-state index in [-0.39, 0.29) is 6.15 Å². The van der Waals surface area contributed by atoms with E-state index < -0.39 is 0 Å². The van der Waals surface area contributed by atoms with Crippen molar-refractivity contribution in [2.45, 2.75) is 0 Å². The summed E-state index contributed by atoms with van der Waals surface area (Å²) in [5.41, 5.74) is 2.39. The van der Waals surface area contributed by atoms with Gasteiger partial charge in [-0.05, 0) is 21.4 Å². The molecule has 0 spiro atoms. The Morgan fingerprint density at radius 2 is 2.00 bits per heavy atom. The van der Waals surface area contributed by atoms with Gasteiger partial charge in [-0.15, -0.1) is 0 Å². The van der Waals surface area contributed by atoms with Crippen molar-refractivity contribution in [3.8, 4) is 0 Å². The van der Waals surface area contributed by atoms with Crippen molar-refractivity contribution >= 4 is 26.0 Å². The summed E-state index contributed by atoms with van der Waals surface area (Å²) in [5.74, 6) is 0. The van der Waals surface area contributed by atoms with E-state index in [4.69, 9.17) is 4.42 Å². The quantitative estimate of drug-likeness (QED) is 0.606. The van der Waals surface area contributed by atoms with Crippen molar-refractivity contribution in [3.05, 3.63) is 24.3 Å². The van der Waals surface area contributed by atoms with Crippen LogP contribution in [0, 0.1) is 0 Å². The van der Waals surface area contributed by atoms with Gasteiger partial charge in [-0.3, -0.25) is 0 Å². The number of para-hydroxylation sites is 2. The van der Waals surface area contributed by atoms with E-state index in [1.807, 2.05) is 24.3 Å². The monoisotopic (exact) mass is 168 g/mol. The highest BCUT2D eigenvalue weighted by atomic mass is 31.0. The SMILES string of the molecule is N.Pc1nc2ccccc2o1. The average Bonchev–Trinajstić information content (AvgIpc) is 2.27. The summed E-state index contributed by atoms with van der Waals surface area (Å²) in [5, 5.41) is 0. The molecule has 0 aliphatic carbocycles. The highest BCUT2D eigenvalue weighted by Crippen LogP contribution is 2.09. The first-order valence-electron chi connectivity index (χ1n) is 2.97. The lowest BCUT2D eigenvalue weighted by Crippen LogP contribution is -1.84. The molecule has 0 aliphatic heterocycles. The number of oxazole rings is 1. The van der Waals surface area contributed by atoms with Gasteiger partial charge < -0.3 is 10.6 Å². The van der Waals surface area contributed by atoms with Crippen LogP contribution >= 0.6 is 9.24 Å². The van der Waals surface area contributed by atoms with Crippen molar-refractivity contribution in [2.24, 2.45) is 0 Å². The van der Waals surface area contributed by atoms with E-state index in [1.54, 1.807) is 0 Å². The summed E-state index contributed by atoms with van der Waals surface area (Å²) in [4.78, 5) is 4.11. The molecule has 1 unspecified atom stereocenters. The molecule has 0 radical (unpaired) electrons. The maximum absolute atomic E-state index is 5.22. The fourth-order valence-corrected chi connectivity index (χ4v) is 1.16. The molecule has 3 nitrogen and oxygen atoms in total. The molecule has 2 rings (SSSR count). The van der Waals surface area contributed by atoms with Gasteiger partial charge in [0, 0.05) is 0 Å². The second kappa shape index (κ2) is 2.99. The maximum atomic E-state index is 5.22. The number of fused-ring (bicyclic) bond motifs is 1. The van der Waals surface area contributed by atoms with Gasteiger partial charge in [0.1, 0.15) is 5.52 Å². The molecule has 2 aromatic rings. The predicted octanol–water partition coefficient (Wildman–Crippen LogP) is 1.49. The third kappa shape index (κ3) is 1.39. The molecule has 0 amide bonds. The lowest BCUT2D eigenvalue weighted by atomic mass is 10.3. The van der Waals surface area contributed by atoms with Gasteiger partial charge in [-0.25, -0.2) is 4.98 Å². The van der Waals surface area contributed by atoms with Gasteiger partial charge >= 0.3 is 0 Å². The van der Waals surface area contributed by atoms with Crippen LogP contribution in [-0.4, -0.2) is 4.98 Å². The van der Waals surface area contributed by atoms with E-state index in [0.717, 1.165) is 11.1 Å². The first-order valence-corrected chi connectivity index (χ1v) is 3.55. The zero-order valence-corrected chi connectivity index (χ0v) is 7.10. The van der Waals surface area contributed by atoms with Crippen LogP contribution in [0.25, 0.3) is 11.1 Å². The van der Waals surface area contributed by atoms with E-state index >= 15 is 0 Å². The van der Waals surface area contributed by atoms with Gasteiger partial charge in [0.05, 0.1) is 0 Å². The van der Waals surface area contributed by atoms with Crippen LogP contribution in [0.1, 0.15) is 0 Å². The Labute approximate surface area is 66.6 Å². The molecular weight excluding hydrogens is 159 g/mol. The number of rotatable bonds is 0. The Hall–Kier alpha value is -0.920. The summed E-state index contributed by atoms with van der Waals surface area (Å²) >= 11 is 0. The van der Waals surface area contributed by atoms with Crippen molar-refractivity contribution in [1.29, 1.82) is 0 Å². The number of hydrogen-bond donors (Lipinski definition) is 1.